The molecule has 0 unspecified atom stereocenters. The first-order valence-electron chi connectivity index (χ1n) is 5.84. The SMILES string of the molecule is O=C(NCCOCCCl)c1cc2c(s1)CCC2. The molecule has 1 aliphatic rings. The van der Waals surface area contributed by atoms with Crippen molar-refractivity contribution in [3.8, 4) is 0 Å². The van der Waals surface area contributed by atoms with Crippen molar-refractivity contribution in [2.75, 3.05) is 25.6 Å². The Morgan fingerprint density at radius 1 is 1.47 bits per heavy atom. The quantitative estimate of drug-likeness (QED) is 0.638. The van der Waals surface area contributed by atoms with Crippen molar-refractivity contribution in [3.63, 3.8) is 0 Å². The van der Waals surface area contributed by atoms with Gasteiger partial charge in [0.2, 0.25) is 0 Å². The van der Waals surface area contributed by atoms with Crippen LogP contribution in [0.4, 0.5) is 0 Å². The van der Waals surface area contributed by atoms with Gasteiger partial charge in [-0.3, -0.25) is 4.79 Å². The molecule has 1 aromatic rings. The van der Waals surface area contributed by atoms with E-state index in [0.717, 1.165) is 17.7 Å². The molecule has 0 saturated heterocycles. The zero-order valence-corrected chi connectivity index (χ0v) is 11.2. The molecule has 94 valence electrons. The minimum Gasteiger partial charge on any atom is -0.378 e. The Morgan fingerprint density at radius 3 is 3.12 bits per heavy atom. The van der Waals surface area contributed by atoms with Gasteiger partial charge in [-0.2, -0.15) is 0 Å². The Balaban J connectivity index is 1.75. The highest BCUT2D eigenvalue weighted by Gasteiger charge is 2.17. The summed E-state index contributed by atoms with van der Waals surface area (Å²) < 4.78 is 5.19. The standard InChI is InChI=1S/C12H16ClNO2S/c13-4-6-16-7-5-14-12(15)11-8-9-2-1-3-10(9)17-11/h8H,1-7H2,(H,14,15). The second-order valence-electron chi connectivity index (χ2n) is 3.97. The van der Waals surface area contributed by atoms with Crippen molar-refractivity contribution in [3.05, 3.63) is 21.4 Å². The Bertz CT molecular complexity index is 370. The smallest absolute Gasteiger partial charge is 0.261 e. The average molecular weight is 274 g/mol. The fraction of sp³-hybridized carbons (Fsp3) is 0.583. The molecule has 1 aliphatic carbocycles. The number of ether oxygens (including phenoxy) is 1. The molecule has 1 N–H and O–H groups in total. The summed E-state index contributed by atoms with van der Waals surface area (Å²) in [6, 6.07) is 2.03. The first-order valence-corrected chi connectivity index (χ1v) is 7.20. The maximum atomic E-state index is 11.8. The molecule has 0 spiro atoms. The number of alkyl halides is 1. The Labute approximate surface area is 110 Å². The van der Waals surface area contributed by atoms with Crippen LogP contribution in [-0.4, -0.2) is 31.5 Å². The molecule has 2 rings (SSSR count). The van der Waals surface area contributed by atoms with Gasteiger partial charge in [-0.1, -0.05) is 0 Å². The van der Waals surface area contributed by atoms with Gasteiger partial charge in [0, 0.05) is 17.3 Å². The predicted octanol–water partition coefficient (Wildman–Crippen LogP) is 2.22. The molecule has 0 saturated carbocycles. The molecule has 1 aromatic heterocycles. The van der Waals surface area contributed by atoms with Crippen molar-refractivity contribution in [2.24, 2.45) is 0 Å². The summed E-state index contributed by atoms with van der Waals surface area (Å²) in [6.07, 6.45) is 3.49. The summed E-state index contributed by atoms with van der Waals surface area (Å²) in [7, 11) is 0. The van der Waals surface area contributed by atoms with Crippen LogP contribution in [0.15, 0.2) is 6.07 Å². The van der Waals surface area contributed by atoms with Crippen LogP contribution < -0.4 is 5.32 Å². The largest absolute Gasteiger partial charge is 0.378 e. The van der Waals surface area contributed by atoms with Crippen LogP contribution in [-0.2, 0) is 17.6 Å². The van der Waals surface area contributed by atoms with E-state index in [2.05, 4.69) is 5.32 Å². The molecule has 0 aromatic carbocycles. The van der Waals surface area contributed by atoms with Gasteiger partial charge in [-0.25, -0.2) is 0 Å². The number of aryl methyl sites for hydroxylation is 2. The average Bonchev–Trinajstić information content (AvgIpc) is 2.88. The summed E-state index contributed by atoms with van der Waals surface area (Å²) in [6.45, 7) is 1.59. The Kier molecular flexibility index (Phi) is 4.83. The van der Waals surface area contributed by atoms with E-state index < -0.39 is 0 Å². The molecule has 17 heavy (non-hydrogen) atoms. The van der Waals surface area contributed by atoms with E-state index in [1.807, 2.05) is 6.07 Å². The van der Waals surface area contributed by atoms with Crippen molar-refractivity contribution in [2.45, 2.75) is 19.3 Å². The fourth-order valence-electron chi connectivity index (χ4n) is 1.92. The molecule has 0 bridgehead atoms. The van der Waals surface area contributed by atoms with Crippen molar-refractivity contribution >= 4 is 28.8 Å². The lowest BCUT2D eigenvalue weighted by Crippen LogP contribution is -2.26. The number of hydrogen-bond donors (Lipinski definition) is 1. The number of nitrogens with one attached hydrogen (secondary N) is 1. The van der Waals surface area contributed by atoms with Crippen LogP contribution in [0.2, 0.25) is 0 Å². The monoisotopic (exact) mass is 273 g/mol. The van der Waals surface area contributed by atoms with Gasteiger partial charge in [-0.05, 0) is 30.9 Å². The minimum absolute atomic E-state index is 0.0128. The lowest BCUT2D eigenvalue weighted by atomic mass is 10.2. The van der Waals surface area contributed by atoms with E-state index in [0.29, 0.717) is 25.6 Å². The second kappa shape index (κ2) is 6.38. The lowest BCUT2D eigenvalue weighted by molar-refractivity contribution is 0.0927. The van der Waals surface area contributed by atoms with E-state index in [-0.39, 0.29) is 5.91 Å². The number of carbonyl (C=O) groups is 1. The Morgan fingerprint density at radius 2 is 2.35 bits per heavy atom. The van der Waals surface area contributed by atoms with Gasteiger partial charge >= 0.3 is 0 Å². The first-order chi connectivity index (χ1) is 8.31. The molecular formula is C12H16ClNO2S. The van der Waals surface area contributed by atoms with Gasteiger partial charge in [0.25, 0.3) is 5.91 Å². The summed E-state index contributed by atoms with van der Waals surface area (Å²) in [5.74, 6) is 0.505. The maximum absolute atomic E-state index is 11.8. The van der Waals surface area contributed by atoms with E-state index in [4.69, 9.17) is 16.3 Å². The second-order valence-corrected chi connectivity index (χ2v) is 5.48. The maximum Gasteiger partial charge on any atom is 0.261 e. The fourth-order valence-corrected chi connectivity index (χ4v) is 3.20. The van der Waals surface area contributed by atoms with Crippen LogP contribution in [0.5, 0.6) is 0 Å². The molecule has 0 radical (unpaired) electrons. The van der Waals surface area contributed by atoms with Crippen LogP contribution in [0.1, 0.15) is 26.5 Å². The van der Waals surface area contributed by atoms with Crippen molar-refractivity contribution in [1.82, 2.24) is 5.32 Å². The first kappa shape index (κ1) is 12.9. The lowest BCUT2D eigenvalue weighted by Gasteiger charge is -2.03. The number of amides is 1. The molecular weight excluding hydrogens is 258 g/mol. The van der Waals surface area contributed by atoms with Gasteiger partial charge in [0.15, 0.2) is 0 Å². The number of rotatable bonds is 6. The third-order valence-electron chi connectivity index (χ3n) is 2.72. The van der Waals surface area contributed by atoms with Gasteiger partial charge < -0.3 is 10.1 Å². The van der Waals surface area contributed by atoms with Gasteiger partial charge in [-0.15, -0.1) is 22.9 Å². The normalized spacial score (nSPS) is 13.7. The number of thiophene rings is 1. The van der Waals surface area contributed by atoms with Crippen LogP contribution in [0.3, 0.4) is 0 Å². The van der Waals surface area contributed by atoms with E-state index in [1.165, 1.54) is 16.9 Å². The molecule has 0 atom stereocenters. The zero-order chi connectivity index (χ0) is 12.1. The van der Waals surface area contributed by atoms with E-state index in [1.54, 1.807) is 11.3 Å². The van der Waals surface area contributed by atoms with Crippen molar-refractivity contribution in [1.29, 1.82) is 0 Å². The number of hydrogen-bond acceptors (Lipinski definition) is 3. The molecule has 1 heterocycles. The Hall–Kier alpha value is -0.580. The summed E-state index contributed by atoms with van der Waals surface area (Å²) in [5.41, 5.74) is 1.36. The molecule has 0 aliphatic heterocycles. The summed E-state index contributed by atoms with van der Waals surface area (Å²) in [4.78, 5) is 14.0. The highest BCUT2D eigenvalue weighted by atomic mass is 35.5. The number of fused-ring (bicyclic) bond motifs is 1. The zero-order valence-electron chi connectivity index (χ0n) is 9.63. The summed E-state index contributed by atoms with van der Waals surface area (Å²) >= 11 is 7.10. The number of halogens is 1. The van der Waals surface area contributed by atoms with Crippen LogP contribution in [0.25, 0.3) is 0 Å². The third-order valence-corrected chi connectivity index (χ3v) is 4.11. The van der Waals surface area contributed by atoms with E-state index in [9.17, 15) is 4.79 Å². The third kappa shape index (κ3) is 3.44. The summed E-state index contributed by atoms with van der Waals surface area (Å²) in [5, 5.41) is 2.85. The molecule has 5 heteroatoms. The van der Waals surface area contributed by atoms with Crippen LogP contribution >= 0.6 is 22.9 Å². The molecule has 1 amide bonds. The van der Waals surface area contributed by atoms with Gasteiger partial charge in [0.05, 0.1) is 18.1 Å². The molecule has 3 nitrogen and oxygen atoms in total. The van der Waals surface area contributed by atoms with E-state index >= 15 is 0 Å². The van der Waals surface area contributed by atoms with Crippen molar-refractivity contribution < 1.29 is 9.53 Å². The highest BCUT2D eigenvalue weighted by Crippen LogP contribution is 2.30. The molecule has 0 fully saturated rings. The predicted molar refractivity (Wildman–Crippen MR) is 70.2 cm³/mol. The topological polar surface area (TPSA) is 38.3 Å². The highest BCUT2D eigenvalue weighted by molar-refractivity contribution is 7.14. The number of carbonyl (C=O) groups excluding carboxylic acids is 1. The minimum atomic E-state index is 0.0128. The van der Waals surface area contributed by atoms with Gasteiger partial charge in [0.1, 0.15) is 0 Å². The van der Waals surface area contributed by atoms with Crippen LogP contribution in [0, 0.1) is 0 Å².